The van der Waals surface area contributed by atoms with E-state index >= 15 is 0 Å². The van der Waals surface area contributed by atoms with Crippen molar-refractivity contribution in [1.82, 2.24) is 10.2 Å². The van der Waals surface area contributed by atoms with E-state index in [4.69, 9.17) is 9.84 Å². The molecule has 0 radical (unpaired) electrons. The van der Waals surface area contributed by atoms with E-state index < -0.39 is 12.0 Å². The standard InChI is InChI=1S/C11H20N2O4S/c1-18-8-3-9(10(14)15)12-11(16)13-4-2-6-17-7-5-13/h9H,2-8H2,1H3,(H,12,16)(H,14,15). The van der Waals surface area contributed by atoms with Crippen LogP contribution in [0.25, 0.3) is 0 Å². The Morgan fingerprint density at radius 2 is 2.22 bits per heavy atom. The Balaban J connectivity index is 2.45. The van der Waals surface area contributed by atoms with Crippen molar-refractivity contribution >= 4 is 23.8 Å². The van der Waals surface area contributed by atoms with E-state index in [2.05, 4.69) is 5.32 Å². The fraction of sp³-hybridized carbons (Fsp3) is 0.818. The van der Waals surface area contributed by atoms with Crippen LogP contribution in [0.3, 0.4) is 0 Å². The lowest BCUT2D eigenvalue weighted by Crippen LogP contribution is -2.48. The number of ether oxygens (including phenoxy) is 1. The largest absolute Gasteiger partial charge is 0.480 e. The quantitative estimate of drug-likeness (QED) is 0.770. The number of rotatable bonds is 5. The van der Waals surface area contributed by atoms with Crippen molar-refractivity contribution in [2.45, 2.75) is 18.9 Å². The number of carbonyl (C=O) groups excluding carboxylic acids is 1. The predicted octanol–water partition coefficient (Wildman–Crippen LogP) is 0.625. The zero-order valence-electron chi connectivity index (χ0n) is 10.6. The molecule has 2 N–H and O–H groups in total. The average Bonchev–Trinajstić information content (AvgIpc) is 2.62. The Morgan fingerprint density at radius 3 is 2.89 bits per heavy atom. The lowest BCUT2D eigenvalue weighted by atomic mass is 10.2. The van der Waals surface area contributed by atoms with Gasteiger partial charge in [-0.25, -0.2) is 9.59 Å². The van der Waals surface area contributed by atoms with Gasteiger partial charge in [0.2, 0.25) is 0 Å². The molecule has 0 saturated carbocycles. The first-order chi connectivity index (χ1) is 8.65. The number of nitrogens with zero attached hydrogens (tertiary/aromatic N) is 1. The fourth-order valence-electron chi connectivity index (χ4n) is 1.68. The van der Waals surface area contributed by atoms with Gasteiger partial charge in [0.25, 0.3) is 0 Å². The zero-order valence-corrected chi connectivity index (χ0v) is 11.4. The summed E-state index contributed by atoms with van der Waals surface area (Å²) in [7, 11) is 0. The van der Waals surface area contributed by atoms with Crippen LogP contribution in [0.2, 0.25) is 0 Å². The average molecular weight is 276 g/mol. The number of thioether (sulfide) groups is 1. The molecule has 0 bridgehead atoms. The van der Waals surface area contributed by atoms with E-state index in [1.54, 1.807) is 16.7 Å². The zero-order chi connectivity index (χ0) is 13.4. The van der Waals surface area contributed by atoms with Gasteiger partial charge in [0.15, 0.2) is 0 Å². The van der Waals surface area contributed by atoms with Crippen LogP contribution >= 0.6 is 11.8 Å². The number of urea groups is 1. The van der Waals surface area contributed by atoms with Crippen molar-refractivity contribution in [3.8, 4) is 0 Å². The molecule has 0 spiro atoms. The van der Waals surface area contributed by atoms with Crippen molar-refractivity contribution in [3.05, 3.63) is 0 Å². The molecule has 6 nitrogen and oxygen atoms in total. The third kappa shape index (κ3) is 5.14. The second-order valence-corrected chi connectivity index (χ2v) is 5.06. The minimum atomic E-state index is -0.983. The Hall–Kier alpha value is -0.950. The van der Waals surface area contributed by atoms with Gasteiger partial charge in [0, 0.05) is 19.7 Å². The first kappa shape index (κ1) is 15.1. The van der Waals surface area contributed by atoms with Crippen LogP contribution in [-0.2, 0) is 9.53 Å². The molecule has 0 aromatic carbocycles. The van der Waals surface area contributed by atoms with E-state index in [1.165, 1.54) is 0 Å². The summed E-state index contributed by atoms with van der Waals surface area (Å²) in [4.78, 5) is 24.6. The highest BCUT2D eigenvalue weighted by molar-refractivity contribution is 7.98. The van der Waals surface area contributed by atoms with Crippen molar-refractivity contribution < 1.29 is 19.4 Å². The van der Waals surface area contributed by atoms with Crippen LogP contribution in [0, 0.1) is 0 Å². The van der Waals surface area contributed by atoms with Gasteiger partial charge in [-0.15, -0.1) is 0 Å². The van der Waals surface area contributed by atoms with Crippen molar-refractivity contribution in [2.75, 3.05) is 38.3 Å². The van der Waals surface area contributed by atoms with E-state index in [0.717, 1.165) is 6.42 Å². The van der Waals surface area contributed by atoms with Crippen molar-refractivity contribution in [1.29, 1.82) is 0 Å². The summed E-state index contributed by atoms with van der Waals surface area (Å²) in [5.74, 6) is -0.274. The van der Waals surface area contributed by atoms with Crippen molar-refractivity contribution in [2.24, 2.45) is 0 Å². The molecule has 1 saturated heterocycles. The Kier molecular flexibility index (Phi) is 6.89. The molecule has 1 atom stereocenters. The molecule has 1 aliphatic heterocycles. The third-order valence-electron chi connectivity index (χ3n) is 2.72. The summed E-state index contributed by atoms with van der Waals surface area (Å²) in [5.41, 5.74) is 0. The number of hydrogen-bond donors (Lipinski definition) is 2. The van der Waals surface area contributed by atoms with Gasteiger partial charge in [-0.05, 0) is 24.9 Å². The first-order valence-corrected chi connectivity index (χ1v) is 7.39. The molecule has 2 amide bonds. The fourth-order valence-corrected chi connectivity index (χ4v) is 2.15. The molecule has 0 aromatic heterocycles. The molecule has 104 valence electrons. The highest BCUT2D eigenvalue weighted by atomic mass is 32.2. The molecule has 0 aromatic rings. The molecule has 1 heterocycles. The molecule has 1 unspecified atom stereocenters. The van der Waals surface area contributed by atoms with Crippen LogP contribution in [0.4, 0.5) is 4.79 Å². The van der Waals surface area contributed by atoms with Crippen LogP contribution in [0.5, 0.6) is 0 Å². The van der Waals surface area contributed by atoms with E-state index in [-0.39, 0.29) is 6.03 Å². The monoisotopic (exact) mass is 276 g/mol. The molecule has 18 heavy (non-hydrogen) atoms. The topological polar surface area (TPSA) is 78.9 Å². The molecule has 1 aliphatic rings. The number of carbonyl (C=O) groups is 2. The lowest BCUT2D eigenvalue weighted by molar-refractivity contribution is -0.139. The number of amides is 2. The van der Waals surface area contributed by atoms with Crippen molar-refractivity contribution in [3.63, 3.8) is 0 Å². The Labute approximate surface area is 111 Å². The highest BCUT2D eigenvalue weighted by Crippen LogP contribution is 2.04. The summed E-state index contributed by atoms with van der Waals surface area (Å²) in [6.45, 7) is 2.29. The van der Waals surface area contributed by atoms with Gasteiger partial charge in [-0.3, -0.25) is 0 Å². The van der Waals surface area contributed by atoms with Gasteiger partial charge < -0.3 is 20.1 Å². The summed E-state index contributed by atoms with van der Waals surface area (Å²) >= 11 is 1.57. The second-order valence-electron chi connectivity index (χ2n) is 4.07. The lowest BCUT2D eigenvalue weighted by Gasteiger charge is -2.23. The van der Waals surface area contributed by atoms with Gasteiger partial charge >= 0.3 is 12.0 Å². The van der Waals surface area contributed by atoms with Crippen LogP contribution in [0.15, 0.2) is 0 Å². The number of hydrogen-bond acceptors (Lipinski definition) is 4. The van der Waals surface area contributed by atoms with E-state index in [9.17, 15) is 9.59 Å². The predicted molar refractivity (Wildman–Crippen MR) is 70.0 cm³/mol. The Morgan fingerprint density at radius 1 is 1.44 bits per heavy atom. The molecule has 7 heteroatoms. The summed E-state index contributed by atoms with van der Waals surface area (Å²) in [6, 6.07) is -1.12. The molecule has 0 aliphatic carbocycles. The molecular weight excluding hydrogens is 256 g/mol. The first-order valence-electron chi connectivity index (χ1n) is 6.00. The van der Waals surface area contributed by atoms with E-state index in [0.29, 0.717) is 38.5 Å². The van der Waals surface area contributed by atoms with Gasteiger partial charge in [0.1, 0.15) is 6.04 Å². The second kappa shape index (κ2) is 8.20. The maximum Gasteiger partial charge on any atom is 0.326 e. The highest BCUT2D eigenvalue weighted by Gasteiger charge is 2.23. The van der Waals surface area contributed by atoms with Gasteiger partial charge in [-0.2, -0.15) is 11.8 Å². The smallest absolute Gasteiger partial charge is 0.326 e. The number of aliphatic carboxylic acids is 1. The van der Waals surface area contributed by atoms with Gasteiger partial charge in [0.05, 0.1) is 6.61 Å². The summed E-state index contributed by atoms with van der Waals surface area (Å²) < 4.78 is 5.25. The summed E-state index contributed by atoms with van der Waals surface area (Å²) in [5, 5.41) is 11.6. The number of nitrogens with one attached hydrogen (secondary N) is 1. The molecule has 1 rings (SSSR count). The Bertz CT molecular complexity index is 280. The minimum absolute atomic E-state index is 0.311. The maximum absolute atomic E-state index is 11.9. The maximum atomic E-state index is 11.9. The third-order valence-corrected chi connectivity index (χ3v) is 3.36. The normalized spacial score (nSPS) is 17.9. The van der Waals surface area contributed by atoms with Crippen LogP contribution in [0.1, 0.15) is 12.8 Å². The summed E-state index contributed by atoms with van der Waals surface area (Å²) in [6.07, 6.45) is 3.13. The minimum Gasteiger partial charge on any atom is -0.480 e. The number of carboxylic acids is 1. The van der Waals surface area contributed by atoms with Crippen LogP contribution in [-0.4, -0.2) is 66.4 Å². The molecular formula is C11H20N2O4S. The molecule has 1 fully saturated rings. The van der Waals surface area contributed by atoms with Gasteiger partial charge in [-0.1, -0.05) is 0 Å². The van der Waals surface area contributed by atoms with Crippen LogP contribution < -0.4 is 5.32 Å². The SMILES string of the molecule is CSCCC(NC(=O)N1CCCOCC1)C(=O)O. The van der Waals surface area contributed by atoms with E-state index in [1.807, 2.05) is 6.26 Å². The number of carboxylic acid groups (broad SMARTS) is 1.